The van der Waals surface area contributed by atoms with Crippen molar-refractivity contribution in [1.82, 2.24) is 20.1 Å². The van der Waals surface area contributed by atoms with Crippen molar-refractivity contribution in [3.8, 4) is 5.69 Å². The second-order valence-corrected chi connectivity index (χ2v) is 6.98. The molecule has 0 radical (unpaired) electrons. The minimum absolute atomic E-state index is 0.0349. The molecule has 6 heteroatoms. The molecule has 1 aromatic carbocycles. The van der Waals surface area contributed by atoms with Crippen LogP contribution in [0.15, 0.2) is 24.3 Å². The maximum Gasteiger partial charge on any atom is 0.291 e. The molecule has 3 rings (SSSR count). The predicted octanol–water partition coefficient (Wildman–Crippen LogP) is 2.85. The predicted molar refractivity (Wildman–Crippen MR) is 96.0 cm³/mol. The van der Waals surface area contributed by atoms with Crippen molar-refractivity contribution in [3.05, 3.63) is 41.5 Å². The Kier molecular flexibility index (Phi) is 5.18. The highest BCUT2D eigenvalue weighted by molar-refractivity contribution is 5.90. The summed E-state index contributed by atoms with van der Waals surface area (Å²) >= 11 is 0. The van der Waals surface area contributed by atoms with E-state index in [2.05, 4.69) is 35.3 Å². The van der Waals surface area contributed by atoms with Gasteiger partial charge in [-0.25, -0.2) is 9.67 Å². The molecule has 1 aliphatic carbocycles. The van der Waals surface area contributed by atoms with Crippen molar-refractivity contribution < 1.29 is 9.53 Å². The third kappa shape index (κ3) is 3.90. The average molecular weight is 342 g/mol. The lowest BCUT2D eigenvalue weighted by Gasteiger charge is -2.16. The molecule has 1 aliphatic rings. The molecule has 134 valence electrons. The number of ether oxygens (including phenoxy) is 1. The number of para-hydroxylation sites is 1. The van der Waals surface area contributed by atoms with Crippen LogP contribution in [0.25, 0.3) is 5.69 Å². The van der Waals surface area contributed by atoms with Gasteiger partial charge in [0.25, 0.3) is 5.91 Å². The van der Waals surface area contributed by atoms with Crippen LogP contribution in [0.2, 0.25) is 0 Å². The molecule has 1 atom stereocenters. The van der Waals surface area contributed by atoms with Crippen molar-refractivity contribution in [2.24, 2.45) is 5.92 Å². The largest absolute Gasteiger partial charge is 0.383 e. The Balaban J connectivity index is 1.84. The molecule has 0 aliphatic heterocycles. The van der Waals surface area contributed by atoms with E-state index in [1.54, 1.807) is 11.8 Å². The van der Waals surface area contributed by atoms with Crippen LogP contribution in [0.4, 0.5) is 0 Å². The van der Waals surface area contributed by atoms with Gasteiger partial charge in [-0.05, 0) is 43.2 Å². The number of benzene rings is 1. The van der Waals surface area contributed by atoms with E-state index >= 15 is 0 Å². The molecule has 6 nitrogen and oxygen atoms in total. The van der Waals surface area contributed by atoms with Gasteiger partial charge in [0, 0.05) is 7.11 Å². The standard InChI is InChI=1S/C19H26N4O2/c1-12(2)15-7-5-6-8-17(15)23-13(3)20-18(22-23)19(24)21-16(11-25-4)14-9-10-14/h5-8,12,14,16H,9-11H2,1-4H3,(H,21,24). The summed E-state index contributed by atoms with van der Waals surface area (Å²) in [6.45, 7) is 6.67. The van der Waals surface area contributed by atoms with Gasteiger partial charge < -0.3 is 10.1 Å². The van der Waals surface area contributed by atoms with Crippen LogP contribution in [-0.4, -0.2) is 40.4 Å². The van der Waals surface area contributed by atoms with E-state index in [4.69, 9.17) is 4.74 Å². The first-order valence-corrected chi connectivity index (χ1v) is 8.84. The lowest BCUT2D eigenvalue weighted by atomic mass is 10.0. The van der Waals surface area contributed by atoms with Crippen molar-refractivity contribution in [2.45, 2.75) is 45.6 Å². The summed E-state index contributed by atoms with van der Waals surface area (Å²) in [5.74, 6) is 1.54. The molecule has 0 saturated heterocycles. The monoisotopic (exact) mass is 342 g/mol. The molecule has 1 amide bonds. The number of hydrogen-bond acceptors (Lipinski definition) is 4. The Morgan fingerprint density at radius 1 is 1.36 bits per heavy atom. The number of aromatic nitrogens is 3. The van der Waals surface area contributed by atoms with E-state index in [1.165, 1.54) is 5.56 Å². The van der Waals surface area contributed by atoms with E-state index in [9.17, 15) is 4.79 Å². The number of carbonyl (C=O) groups is 1. The van der Waals surface area contributed by atoms with Crippen molar-refractivity contribution in [1.29, 1.82) is 0 Å². The van der Waals surface area contributed by atoms with E-state index in [-0.39, 0.29) is 17.8 Å². The Hall–Kier alpha value is -2.21. The number of nitrogens with one attached hydrogen (secondary N) is 1. The van der Waals surface area contributed by atoms with Crippen LogP contribution in [-0.2, 0) is 4.74 Å². The second kappa shape index (κ2) is 7.35. The van der Waals surface area contributed by atoms with Crippen LogP contribution in [0.5, 0.6) is 0 Å². The minimum Gasteiger partial charge on any atom is -0.383 e. The third-order valence-corrected chi connectivity index (χ3v) is 4.61. The van der Waals surface area contributed by atoms with E-state index in [1.807, 2.05) is 25.1 Å². The molecule has 0 spiro atoms. The first-order valence-electron chi connectivity index (χ1n) is 8.84. The maximum absolute atomic E-state index is 12.6. The van der Waals surface area contributed by atoms with Gasteiger partial charge in [0.2, 0.25) is 5.82 Å². The van der Waals surface area contributed by atoms with Crippen LogP contribution in [0, 0.1) is 12.8 Å². The van der Waals surface area contributed by atoms with E-state index in [0.717, 1.165) is 18.5 Å². The quantitative estimate of drug-likeness (QED) is 0.840. The van der Waals surface area contributed by atoms with Gasteiger partial charge >= 0.3 is 0 Å². The molecule has 1 fully saturated rings. The smallest absolute Gasteiger partial charge is 0.291 e. The highest BCUT2D eigenvalue weighted by Gasteiger charge is 2.33. The molecule has 1 aromatic heterocycles. The van der Waals surface area contributed by atoms with Crippen LogP contribution >= 0.6 is 0 Å². The molecule has 1 saturated carbocycles. The molecular weight excluding hydrogens is 316 g/mol. The zero-order valence-corrected chi connectivity index (χ0v) is 15.3. The summed E-state index contributed by atoms with van der Waals surface area (Å²) in [6.07, 6.45) is 2.27. The SMILES string of the molecule is COCC(NC(=O)c1nc(C)n(-c2ccccc2C(C)C)n1)C1CC1. The lowest BCUT2D eigenvalue weighted by Crippen LogP contribution is -2.40. The summed E-state index contributed by atoms with van der Waals surface area (Å²) in [7, 11) is 1.65. The normalized spacial score (nSPS) is 15.4. The van der Waals surface area contributed by atoms with Gasteiger partial charge in [-0.3, -0.25) is 4.79 Å². The number of hydrogen-bond donors (Lipinski definition) is 1. The summed E-state index contributed by atoms with van der Waals surface area (Å²) < 4.78 is 6.98. The first-order chi connectivity index (χ1) is 12.0. The second-order valence-electron chi connectivity index (χ2n) is 6.98. The highest BCUT2D eigenvalue weighted by Crippen LogP contribution is 2.32. The topological polar surface area (TPSA) is 69.0 Å². The lowest BCUT2D eigenvalue weighted by molar-refractivity contribution is 0.0874. The van der Waals surface area contributed by atoms with Gasteiger partial charge in [0.1, 0.15) is 5.82 Å². The number of methoxy groups -OCH3 is 1. The molecule has 1 N–H and O–H groups in total. The summed E-state index contributed by atoms with van der Waals surface area (Å²) in [4.78, 5) is 17.0. The van der Waals surface area contributed by atoms with Gasteiger partial charge in [-0.1, -0.05) is 32.0 Å². The third-order valence-electron chi connectivity index (χ3n) is 4.61. The number of nitrogens with zero attached hydrogens (tertiary/aromatic N) is 3. The summed E-state index contributed by atoms with van der Waals surface area (Å²) in [5, 5.41) is 7.49. The van der Waals surface area contributed by atoms with Crippen LogP contribution in [0.1, 0.15) is 54.6 Å². The number of amides is 1. The Bertz CT molecular complexity index is 750. The molecule has 1 unspecified atom stereocenters. The Morgan fingerprint density at radius 2 is 2.08 bits per heavy atom. The molecule has 0 bridgehead atoms. The van der Waals surface area contributed by atoms with Gasteiger partial charge in [0.05, 0.1) is 18.3 Å². The highest BCUT2D eigenvalue weighted by atomic mass is 16.5. The van der Waals surface area contributed by atoms with Gasteiger partial charge in [0.15, 0.2) is 0 Å². The Labute approximate surface area is 148 Å². The minimum atomic E-state index is -0.238. The fourth-order valence-electron chi connectivity index (χ4n) is 3.09. The summed E-state index contributed by atoms with van der Waals surface area (Å²) in [6, 6.07) is 8.12. The van der Waals surface area contributed by atoms with Crippen molar-refractivity contribution >= 4 is 5.91 Å². The zero-order chi connectivity index (χ0) is 18.0. The fourth-order valence-corrected chi connectivity index (χ4v) is 3.09. The maximum atomic E-state index is 12.6. The van der Waals surface area contributed by atoms with Gasteiger partial charge in [-0.2, -0.15) is 0 Å². The zero-order valence-electron chi connectivity index (χ0n) is 15.3. The van der Waals surface area contributed by atoms with Crippen molar-refractivity contribution in [2.75, 3.05) is 13.7 Å². The number of carbonyl (C=O) groups excluding carboxylic acids is 1. The van der Waals surface area contributed by atoms with Crippen LogP contribution in [0.3, 0.4) is 0 Å². The number of rotatable bonds is 7. The molecular formula is C19H26N4O2. The van der Waals surface area contributed by atoms with Crippen LogP contribution < -0.4 is 5.32 Å². The van der Waals surface area contributed by atoms with E-state index in [0.29, 0.717) is 24.3 Å². The molecule has 2 aromatic rings. The van der Waals surface area contributed by atoms with Crippen molar-refractivity contribution in [3.63, 3.8) is 0 Å². The average Bonchev–Trinajstić information content (AvgIpc) is 3.36. The molecule has 1 heterocycles. The Morgan fingerprint density at radius 3 is 2.72 bits per heavy atom. The molecule has 25 heavy (non-hydrogen) atoms. The first kappa shape index (κ1) is 17.6. The number of aryl methyl sites for hydroxylation is 1. The summed E-state index contributed by atoms with van der Waals surface area (Å²) in [5.41, 5.74) is 2.15. The fraction of sp³-hybridized carbons (Fsp3) is 0.526. The van der Waals surface area contributed by atoms with E-state index < -0.39 is 0 Å². The van der Waals surface area contributed by atoms with Gasteiger partial charge in [-0.15, -0.1) is 5.10 Å².